The van der Waals surface area contributed by atoms with Gasteiger partial charge in [0.1, 0.15) is 0 Å². The highest BCUT2D eigenvalue weighted by Gasteiger charge is 2.23. The Morgan fingerprint density at radius 1 is 1.39 bits per heavy atom. The van der Waals surface area contributed by atoms with Crippen molar-refractivity contribution in [3.8, 4) is 0 Å². The highest BCUT2D eigenvalue weighted by molar-refractivity contribution is 5.78. The van der Waals surface area contributed by atoms with Crippen molar-refractivity contribution < 1.29 is 4.79 Å². The van der Waals surface area contributed by atoms with Gasteiger partial charge in [0.05, 0.1) is 0 Å². The van der Waals surface area contributed by atoms with Crippen LogP contribution in [0, 0.1) is 17.8 Å². The van der Waals surface area contributed by atoms with Crippen LogP contribution in [0.2, 0.25) is 0 Å². The Bertz CT molecular complexity index is 255. The van der Waals surface area contributed by atoms with Gasteiger partial charge in [-0.05, 0) is 31.8 Å². The number of nitrogens with zero attached hydrogens (tertiary/aromatic N) is 1. The number of likely N-dealkylation sites (tertiary alicyclic amines) is 1. The van der Waals surface area contributed by atoms with Crippen molar-refractivity contribution in [1.82, 2.24) is 15.5 Å². The van der Waals surface area contributed by atoms with Gasteiger partial charge in [-0.2, -0.15) is 0 Å². The molecule has 1 amide bonds. The molecule has 2 atom stereocenters. The van der Waals surface area contributed by atoms with Gasteiger partial charge < -0.3 is 15.5 Å². The molecule has 0 aromatic rings. The predicted molar refractivity (Wildman–Crippen MR) is 75.5 cm³/mol. The van der Waals surface area contributed by atoms with E-state index in [0.29, 0.717) is 5.92 Å². The molecule has 4 nitrogen and oxygen atoms in total. The Morgan fingerprint density at radius 3 is 2.72 bits per heavy atom. The molecular formula is C14H29N3O. The van der Waals surface area contributed by atoms with Gasteiger partial charge in [0.2, 0.25) is 5.91 Å². The first kappa shape index (κ1) is 15.4. The first-order valence-electron chi connectivity index (χ1n) is 7.17. The fraction of sp³-hybridized carbons (Fsp3) is 0.929. The summed E-state index contributed by atoms with van der Waals surface area (Å²) in [6.07, 6.45) is 1.22. The minimum absolute atomic E-state index is 0.0585. The van der Waals surface area contributed by atoms with Gasteiger partial charge in [0, 0.05) is 32.1 Å². The van der Waals surface area contributed by atoms with E-state index in [4.69, 9.17) is 0 Å². The fourth-order valence-corrected chi connectivity index (χ4v) is 2.58. The zero-order chi connectivity index (χ0) is 13.5. The van der Waals surface area contributed by atoms with Crippen LogP contribution in [-0.4, -0.2) is 50.6 Å². The quantitative estimate of drug-likeness (QED) is 0.711. The van der Waals surface area contributed by atoms with Crippen molar-refractivity contribution in [2.75, 3.05) is 39.8 Å². The lowest BCUT2D eigenvalue weighted by atomic mass is 10.1. The van der Waals surface area contributed by atoms with E-state index in [1.807, 2.05) is 14.0 Å². The van der Waals surface area contributed by atoms with E-state index < -0.39 is 0 Å². The third kappa shape index (κ3) is 5.36. The molecule has 0 radical (unpaired) electrons. The van der Waals surface area contributed by atoms with Crippen LogP contribution >= 0.6 is 0 Å². The Kier molecular flexibility index (Phi) is 6.65. The van der Waals surface area contributed by atoms with Gasteiger partial charge in [0.25, 0.3) is 0 Å². The van der Waals surface area contributed by atoms with Gasteiger partial charge in [-0.3, -0.25) is 4.79 Å². The number of amides is 1. The maximum Gasteiger partial charge on any atom is 0.224 e. The number of nitrogens with one attached hydrogen (secondary N) is 2. The molecule has 1 aliphatic rings. The molecule has 106 valence electrons. The van der Waals surface area contributed by atoms with Crippen molar-refractivity contribution >= 4 is 5.91 Å². The highest BCUT2D eigenvalue weighted by atomic mass is 16.1. The third-order valence-corrected chi connectivity index (χ3v) is 3.52. The third-order valence-electron chi connectivity index (χ3n) is 3.52. The summed E-state index contributed by atoms with van der Waals surface area (Å²) in [4.78, 5) is 14.3. The second-order valence-electron chi connectivity index (χ2n) is 6.01. The van der Waals surface area contributed by atoms with Crippen LogP contribution in [0.4, 0.5) is 0 Å². The van der Waals surface area contributed by atoms with E-state index >= 15 is 0 Å². The summed E-state index contributed by atoms with van der Waals surface area (Å²) >= 11 is 0. The Labute approximate surface area is 111 Å². The van der Waals surface area contributed by atoms with Gasteiger partial charge in [-0.1, -0.05) is 20.8 Å². The summed E-state index contributed by atoms with van der Waals surface area (Å²) in [7, 11) is 1.88. The molecule has 0 aliphatic carbocycles. The Balaban J connectivity index is 2.19. The predicted octanol–water partition coefficient (Wildman–Crippen LogP) is 0.936. The van der Waals surface area contributed by atoms with Gasteiger partial charge in [0.15, 0.2) is 0 Å². The van der Waals surface area contributed by atoms with E-state index in [0.717, 1.165) is 25.6 Å². The lowest BCUT2D eigenvalue weighted by Gasteiger charge is -2.19. The Hall–Kier alpha value is -0.610. The van der Waals surface area contributed by atoms with Gasteiger partial charge >= 0.3 is 0 Å². The molecule has 1 rings (SSSR count). The molecular weight excluding hydrogens is 226 g/mol. The smallest absolute Gasteiger partial charge is 0.224 e. The number of carbonyl (C=O) groups is 1. The number of carbonyl (C=O) groups excluding carboxylic acids is 1. The molecule has 1 fully saturated rings. The molecule has 2 N–H and O–H groups in total. The van der Waals surface area contributed by atoms with Crippen molar-refractivity contribution in [3.05, 3.63) is 0 Å². The molecule has 0 bridgehead atoms. The molecule has 1 heterocycles. The topological polar surface area (TPSA) is 44.4 Å². The molecule has 0 saturated carbocycles. The summed E-state index contributed by atoms with van der Waals surface area (Å²) in [6, 6.07) is 0. The van der Waals surface area contributed by atoms with Crippen LogP contribution in [0.5, 0.6) is 0 Å². The summed E-state index contributed by atoms with van der Waals surface area (Å²) < 4.78 is 0. The number of hydrogen-bond acceptors (Lipinski definition) is 3. The summed E-state index contributed by atoms with van der Waals surface area (Å²) in [6.45, 7) is 11.6. The highest BCUT2D eigenvalue weighted by Crippen LogP contribution is 2.16. The average molecular weight is 255 g/mol. The number of hydrogen-bond donors (Lipinski definition) is 2. The van der Waals surface area contributed by atoms with Crippen molar-refractivity contribution in [1.29, 1.82) is 0 Å². The Morgan fingerprint density at radius 2 is 2.11 bits per heavy atom. The average Bonchev–Trinajstić information content (AvgIpc) is 2.73. The first-order chi connectivity index (χ1) is 8.52. The standard InChI is InChI=1S/C14H29N3O/c1-11(2)9-17-6-5-13(10-17)8-16-14(18)12(3)7-15-4/h11-13,15H,5-10H2,1-4H3,(H,16,18). The van der Waals surface area contributed by atoms with E-state index in [9.17, 15) is 4.79 Å². The van der Waals surface area contributed by atoms with E-state index in [1.165, 1.54) is 19.5 Å². The molecule has 18 heavy (non-hydrogen) atoms. The van der Waals surface area contributed by atoms with Crippen LogP contribution in [0.15, 0.2) is 0 Å². The van der Waals surface area contributed by atoms with Crippen LogP contribution in [0.3, 0.4) is 0 Å². The molecule has 1 aliphatic heterocycles. The lowest BCUT2D eigenvalue weighted by molar-refractivity contribution is -0.124. The van der Waals surface area contributed by atoms with Gasteiger partial charge in [-0.25, -0.2) is 0 Å². The number of rotatable bonds is 7. The van der Waals surface area contributed by atoms with Gasteiger partial charge in [-0.15, -0.1) is 0 Å². The van der Waals surface area contributed by atoms with E-state index in [2.05, 4.69) is 29.4 Å². The maximum atomic E-state index is 11.8. The second kappa shape index (κ2) is 7.74. The zero-order valence-electron chi connectivity index (χ0n) is 12.3. The normalized spacial score (nSPS) is 22.4. The fourth-order valence-electron chi connectivity index (χ4n) is 2.58. The van der Waals surface area contributed by atoms with Crippen molar-refractivity contribution in [2.24, 2.45) is 17.8 Å². The molecule has 1 saturated heterocycles. The SMILES string of the molecule is CNCC(C)C(=O)NCC1CCN(CC(C)C)C1. The maximum absolute atomic E-state index is 11.8. The monoisotopic (exact) mass is 255 g/mol. The minimum atomic E-state index is 0.0585. The molecule has 2 unspecified atom stereocenters. The lowest BCUT2D eigenvalue weighted by Crippen LogP contribution is -2.37. The van der Waals surface area contributed by atoms with Crippen LogP contribution in [0.1, 0.15) is 27.2 Å². The molecule has 0 aromatic heterocycles. The van der Waals surface area contributed by atoms with Crippen LogP contribution in [-0.2, 0) is 4.79 Å². The molecule has 0 spiro atoms. The molecule has 4 heteroatoms. The van der Waals surface area contributed by atoms with E-state index in [1.54, 1.807) is 0 Å². The summed E-state index contributed by atoms with van der Waals surface area (Å²) in [5.74, 6) is 1.60. The van der Waals surface area contributed by atoms with Crippen molar-refractivity contribution in [3.63, 3.8) is 0 Å². The van der Waals surface area contributed by atoms with Crippen LogP contribution in [0.25, 0.3) is 0 Å². The summed E-state index contributed by atoms with van der Waals surface area (Å²) in [5.41, 5.74) is 0. The zero-order valence-corrected chi connectivity index (χ0v) is 12.3. The van der Waals surface area contributed by atoms with Crippen LogP contribution < -0.4 is 10.6 Å². The van der Waals surface area contributed by atoms with E-state index in [-0.39, 0.29) is 11.8 Å². The largest absolute Gasteiger partial charge is 0.356 e. The molecule has 0 aromatic carbocycles. The minimum Gasteiger partial charge on any atom is -0.356 e. The second-order valence-corrected chi connectivity index (χ2v) is 6.01. The summed E-state index contributed by atoms with van der Waals surface area (Å²) in [5, 5.41) is 6.11. The van der Waals surface area contributed by atoms with Crippen molar-refractivity contribution in [2.45, 2.75) is 27.2 Å². The first-order valence-corrected chi connectivity index (χ1v) is 7.17.